The van der Waals surface area contributed by atoms with Crippen LogP contribution in [0.5, 0.6) is 0 Å². The van der Waals surface area contributed by atoms with Crippen LogP contribution in [0.25, 0.3) is 10.8 Å². The van der Waals surface area contributed by atoms with Gasteiger partial charge in [-0.2, -0.15) is 5.10 Å². The number of esters is 1. The van der Waals surface area contributed by atoms with Gasteiger partial charge in [-0.15, -0.1) is 0 Å². The molecule has 0 fully saturated rings. The van der Waals surface area contributed by atoms with E-state index in [-0.39, 0.29) is 11.3 Å². The summed E-state index contributed by atoms with van der Waals surface area (Å²) in [4.78, 5) is 24.6. The second kappa shape index (κ2) is 6.04. The summed E-state index contributed by atoms with van der Waals surface area (Å²) in [5.41, 5.74) is 0.800. The number of ether oxygens (including phenoxy) is 1. The molecule has 0 saturated carbocycles. The molecule has 5 heteroatoms. The van der Waals surface area contributed by atoms with Crippen molar-refractivity contribution in [2.75, 3.05) is 0 Å². The third-order valence-corrected chi connectivity index (χ3v) is 3.70. The first-order chi connectivity index (χ1) is 11.1. The summed E-state index contributed by atoms with van der Waals surface area (Å²) >= 11 is 0. The smallest absolute Gasteiger partial charge is 0.360 e. The quantitative estimate of drug-likeness (QED) is 0.698. The van der Waals surface area contributed by atoms with Crippen LogP contribution < -0.4 is 5.56 Å². The van der Waals surface area contributed by atoms with E-state index in [0.717, 1.165) is 10.2 Å². The molecule has 1 atom stereocenters. The van der Waals surface area contributed by atoms with Crippen molar-refractivity contribution < 1.29 is 9.53 Å². The van der Waals surface area contributed by atoms with Gasteiger partial charge in [0.1, 0.15) is 6.10 Å². The van der Waals surface area contributed by atoms with Crippen molar-refractivity contribution in [3.05, 3.63) is 76.2 Å². The van der Waals surface area contributed by atoms with Gasteiger partial charge in [0.05, 0.1) is 5.39 Å². The van der Waals surface area contributed by atoms with E-state index in [1.807, 2.05) is 30.3 Å². The van der Waals surface area contributed by atoms with Crippen LogP contribution in [0, 0.1) is 0 Å². The lowest BCUT2D eigenvalue weighted by Gasteiger charge is -2.14. The van der Waals surface area contributed by atoms with Crippen molar-refractivity contribution in [3.63, 3.8) is 0 Å². The molecule has 0 spiro atoms. The van der Waals surface area contributed by atoms with Gasteiger partial charge in [-0.05, 0) is 18.6 Å². The van der Waals surface area contributed by atoms with Crippen molar-refractivity contribution in [3.8, 4) is 0 Å². The summed E-state index contributed by atoms with van der Waals surface area (Å²) in [5, 5.41) is 5.03. The minimum Gasteiger partial charge on any atom is -0.453 e. The first kappa shape index (κ1) is 15.0. The molecule has 0 aliphatic rings. The molecule has 3 rings (SSSR count). The fourth-order valence-electron chi connectivity index (χ4n) is 2.46. The molecular weight excluding hydrogens is 292 g/mol. The zero-order chi connectivity index (χ0) is 16.4. The van der Waals surface area contributed by atoms with Crippen LogP contribution in [0.1, 0.15) is 29.1 Å². The second-order valence-electron chi connectivity index (χ2n) is 5.28. The van der Waals surface area contributed by atoms with Gasteiger partial charge in [-0.25, -0.2) is 9.48 Å². The van der Waals surface area contributed by atoms with Gasteiger partial charge < -0.3 is 4.74 Å². The summed E-state index contributed by atoms with van der Waals surface area (Å²) in [6.45, 7) is 1.80. The van der Waals surface area contributed by atoms with Gasteiger partial charge >= 0.3 is 5.97 Å². The van der Waals surface area contributed by atoms with Crippen molar-refractivity contribution in [2.45, 2.75) is 13.0 Å². The van der Waals surface area contributed by atoms with Crippen LogP contribution in [-0.4, -0.2) is 15.7 Å². The first-order valence-electron chi connectivity index (χ1n) is 7.30. The fourth-order valence-corrected chi connectivity index (χ4v) is 2.46. The van der Waals surface area contributed by atoms with Crippen molar-refractivity contribution >= 4 is 16.7 Å². The molecule has 0 aliphatic heterocycles. The number of benzene rings is 2. The molecular formula is C18H16N2O3. The number of nitrogens with zero attached hydrogens (tertiary/aromatic N) is 2. The predicted octanol–water partition coefficient (Wildman–Crippen LogP) is 2.85. The number of hydrogen-bond acceptors (Lipinski definition) is 4. The van der Waals surface area contributed by atoms with E-state index >= 15 is 0 Å². The van der Waals surface area contributed by atoms with Crippen LogP contribution in [0.3, 0.4) is 0 Å². The Hall–Kier alpha value is -2.95. The molecule has 0 amide bonds. The van der Waals surface area contributed by atoms with Gasteiger partial charge in [0.25, 0.3) is 5.56 Å². The highest BCUT2D eigenvalue weighted by Gasteiger charge is 2.19. The number of hydrogen-bond donors (Lipinski definition) is 0. The molecule has 3 aromatic rings. The molecule has 0 unspecified atom stereocenters. The van der Waals surface area contributed by atoms with Crippen LogP contribution in [0.15, 0.2) is 59.4 Å². The van der Waals surface area contributed by atoms with Crippen LogP contribution in [0.4, 0.5) is 0 Å². The molecule has 2 aromatic carbocycles. The monoisotopic (exact) mass is 308 g/mol. The first-order valence-corrected chi connectivity index (χ1v) is 7.30. The summed E-state index contributed by atoms with van der Waals surface area (Å²) in [5.74, 6) is -0.548. The summed E-state index contributed by atoms with van der Waals surface area (Å²) in [6.07, 6.45) is -0.401. The maximum Gasteiger partial charge on any atom is 0.360 e. The highest BCUT2D eigenvalue weighted by Crippen LogP contribution is 2.20. The van der Waals surface area contributed by atoms with E-state index in [1.54, 1.807) is 31.2 Å². The van der Waals surface area contributed by atoms with Crippen LogP contribution >= 0.6 is 0 Å². The van der Waals surface area contributed by atoms with Gasteiger partial charge in [0.2, 0.25) is 0 Å². The number of aryl methyl sites for hydroxylation is 1. The van der Waals surface area contributed by atoms with E-state index in [0.29, 0.717) is 10.8 Å². The van der Waals surface area contributed by atoms with Gasteiger partial charge in [0.15, 0.2) is 5.69 Å². The zero-order valence-electron chi connectivity index (χ0n) is 12.9. The maximum absolute atomic E-state index is 12.5. The number of fused-ring (bicyclic) bond motifs is 1. The highest BCUT2D eigenvalue weighted by atomic mass is 16.5. The third-order valence-electron chi connectivity index (χ3n) is 3.70. The normalized spacial score (nSPS) is 12.1. The number of rotatable bonds is 3. The summed E-state index contributed by atoms with van der Waals surface area (Å²) in [7, 11) is 1.52. The van der Waals surface area contributed by atoms with E-state index in [1.165, 1.54) is 7.05 Å². The largest absolute Gasteiger partial charge is 0.453 e. The van der Waals surface area contributed by atoms with Crippen molar-refractivity contribution in [1.29, 1.82) is 0 Å². The Bertz CT molecular complexity index is 916. The molecule has 0 radical (unpaired) electrons. The number of carbonyl (C=O) groups excluding carboxylic acids is 1. The average molecular weight is 308 g/mol. The molecule has 116 valence electrons. The lowest BCUT2D eigenvalue weighted by Crippen LogP contribution is -2.24. The molecule has 5 nitrogen and oxygen atoms in total. The SMILES string of the molecule is C[C@@H](OC(=O)c1nn(C)c(=O)c2ccccc12)c1ccccc1. The summed E-state index contributed by atoms with van der Waals surface area (Å²) in [6, 6.07) is 16.4. The second-order valence-corrected chi connectivity index (χ2v) is 5.28. The van der Waals surface area contributed by atoms with E-state index < -0.39 is 12.1 Å². The Morgan fingerprint density at radius 1 is 1.04 bits per heavy atom. The van der Waals surface area contributed by atoms with Crippen LogP contribution in [0.2, 0.25) is 0 Å². The molecule has 0 N–H and O–H groups in total. The molecule has 23 heavy (non-hydrogen) atoms. The minimum atomic E-state index is -0.548. The van der Waals surface area contributed by atoms with Gasteiger partial charge in [-0.3, -0.25) is 4.79 Å². The van der Waals surface area contributed by atoms with Gasteiger partial charge in [-0.1, -0.05) is 48.5 Å². The van der Waals surface area contributed by atoms with Crippen molar-refractivity contribution in [2.24, 2.45) is 7.05 Å². The summed E-state index contributed by atoms with van der Waals surface area (Å²) < 4.78 is 6.67. The van der Waals surface area contributed by atoms with Crippen molar-refractivity contribution in [1.82, 2.24) is 9.78 Å². The lowest BCUT2D eigenvalue weighted by atomic mass is 10.1. The van der Waals surface area contributed by atoms with Gasteiger partial charge in [0, 0.05) is 12.4 Å². The fraction of sp³-hybridized carbons (Fsp3) is 0.167. The molecule has 1 heterocycles. The lowest BCUT2D eigenvalue weighted by molar-refractivity contribution is 0.0331. The average Bonchev–Trinajstić information content (AvgIpc) is 2.58. The molecule has 1 aromatic heterocycles. The predicted molar refractivity (Wildman–Crippen MR) is 87.3 cm³/mol. The number of carbonyl (C=O) groups is 1. The Morgan fingerprint density at radius 2 is 1.65 bits per heavy atom. The zero-order valence-corrected chi connectivity index (χ0v) is 12.9. The Balaban J connectivity index is 1.99. The Morgan fingerprint density at radius 3 is 2.35 bits per heavy atom. The number of aromatic nitrogens is 2. The molecule has 0 saturated heterocycles. The standard InChI is InChI=1S/C18H16N2O3/c1-12(13-8-4-3-5-9-13)23-18(22)16-14-10-6-7-11-15(14)17(21)20(2)19-16/h3-12H,1-2H3/t12-/m1/s1. The highest BCUT2D eigenvalue weighted by molar-refractivity contribution is 6.02. The Labute approximate surface area is 133 Å². The van der Waals surface area contributed by atoms with E-state index in [2.05, 4.69) is 5.10 Å². The van der Waals surface area contributed by atoms with E-state index in [4.69, 9.17) is 4.74 Å². The third kappa shape index (κ3) is 2.85. The van der Waals surface area contributed by atoms with E-state index in [9.17, 15) is 9.59 Å². The molecule has 0 aliphatic carbocycles. The topological polar surface area (TPSA) is 61.2 Å². The molecule has 0 bridgehead atoms. The van der Waals surface area contributed by atoms with Crippen LogP contribution in [-0.2, 0) is 11.8 Å². The minimum absolute atomic E-state index is 0.144. The maximum atomic E-state index is 12.5. The Kier molecular flexibility index (Phi) is 3.93.